The molecule has 1 saturated carbocycles. The van der Waals surface area contributed by atoms with Gasteiger partial charge in [0.2, 0.25) is 15.9 Å². The topological polar surface area (TPSA) is 66.5 Å². The van der Waals surface area contributed by atoms with Gasteiger partial charge in [0.25, 0.3) is 0 Å². The number of anilines is 1. The first-order valence-corrected chi connectivity index (χ1v) is 11.8. The van der Waals surface area contributed by atoms with E-state index >= 15 is 0 Å². The smallest absolute Gasteiger partial charge is 0.240 e. The van der Waals surface area contributed by atoms with Crippen LogP contribution in [-0.4, -0.2) is 26.9 Å². The minimum absolute atomic E-state index is 0.0746. The molecule has 1 fully saturated rings. The van der Waals surface area contributed by atoms with Crippen LogP contribution < -0.4 is 9.62 Å². The Bertz CT molecular complexity index is 1010. The second kappa shape index (κ2) is 7.92. The van der Waals surface area contributed by atoms with Gasteiger partial charge in [-0.25, -0.2) is 13.1 Å². The van der Waals surface area contributed by atoms with E-state index in [0.717, 1.165) is 36.1 Å². The van der Waals surface area contributed by atoms with Crippen molar-refractivity contribution in [1.29, 1.82) is 0 Å². The summed E-state index contributed by atoms with van der Waals surface area (Å²) in [5, 5.41) is 0. The zero-order valence-electron chi connectivity index (χ0n) is 17.0. The number of sulfonamides is 1. The quantitative estimate of drug-likeness (QED) is 0.788. The molecule has 0 bridgehead atoms. The third-order valence-electron chi connectivity index (χ3n) is 6.10. The van der Waals surface area contributed by atoms with E-state index in [0.29, 0.717) is 19.4 Å². The van der Waals surface area contributed by atoms with Gasteiger partial charge in [-0.3, -0.25) is 4.79 Å². The van der Waals surface area contributed by atoms with Crippen LogP contribution in [0, 0.1) is 12.8 Å². The minimum Gasteiger partial charge on any atom is -0.309 e. The fraction of sp³-hybridized carbons (Fsp3) is 0.435. The van der Waals surface area contributed by atoms with Crippen molar-refractivity contribution in [2.45, 2.75) is 56.9 Å². The lowest BCUT2D eigenvalue weighted by molar-refractivity contribution is -0.125. The number of fused-ring (bicyclic) bond motifs is 1. The maximum Gasteiger partial charge on any atom is 0.240 e. The molecule has 1 aliphatic carbocycles. The van der Waals surface area contributed by atoms with Gasteiger partial charge in [0.15, 0.2) is 0 Å². The number of nitrogens with one attached hydrogen (secondary N) is 1. The lowest BCUT2D eigenvalue weighted by Crippen LogP contribution is -2.42. The summed E-state index contributed by atoms with van der Waals surface area (Å²) in [4.78, 5) is 14.9. The normalized spacial score (nSPS) is 19.1. The van der Waals surface area contributed by atoms with Crippen LogP contribution in [0.15, 0.2) is 47.4 Å². The molecule has 1 atom stereocenters. The van der Waals surface area contributed by atoms with Crippen LogP contribution >= 0.6 is 0 Å². The second-order valence-corrected chi connectivity index (χ2v) is 10.1. The van der Waals surface area contributed by atoms with Gasteiger partial charge in [-0.15, -0.1) is 0 Å². The Kier molecular flexibility index (Phi) is 5.49. The van der Waals surface area contributed by atoms with Gasteiger partial charge < -0.3 is 4.90 Å². The van der Waals surface area contributed by atoms with Gasteiger partial charge in [-0.05, 0) is 68.9 Å². The third-order valence-corrected chi connectivity index (χ3v) is 7.55. The number of carbonyl (C=O) groups excluding carboxylic acids is 1. The number of rotatable bonds is 6. The van der Waals surface area contributed by atoms with Crippen LogP contribution in [0.25, 0.3) is 0 Å². The molecule has 29 heavy (non-hydrogen) atoms. The van der Waals surface area contributed by atoms with Crippen LogP contribution in [0.2, 0.25) is 0 Å². The maximum absolute atomic E-state index is 12.8. The van der Waals surface area contributed by atoms with Crippen molar-refractivity contribution in [2.75, 3.05) is 11.4 Å². The molecule has 0 saturated heterocycles. The van der Waals surface area contributed by atoms with Gasteiger partial charge in [-0.2, -0.15) is 0 Å². The van der Waals surface area contributed by atoms with Crippen molar-refractivity contribution < 1.29 is 13.2 Å². The summed E-state index contributed by atoms with van der Waals surface area (Å²) >= 11 is 0. The van der Waals surface area contributed by atoms with Gasteiger partial charge in [0, 0.05) is 24.2 Å². The van der Waals surface area contributed by atoms with E-state index in [2.05, 4.69) is 4.72 Å². The van der Waals surface area contributed by atoms with E-state index in [-0.39, 0.29) is 22.8 Å². The molecule has 6 heteroatoms. The molecule has 4 rings (SSSR count). The van der Waals surface area contributed by atoms with Crippen molar-refractivity contribution >= 4 is 21.6 Å². The highest BCUT2D eigenvalue weighted by Crippen LogP contribution is 2.38. The number of hydrogen-bond acceptors (Lipinski definition) is 3. The number of carbonyl (C=O) groups is 1. The Balaban J connectivity index is 1.45. The van der Waals surface area contributed by atoms with E-state index < -0.39 is 10.0 Å². The van der Waals surface area contributed by atoms with Crippen molar-refractivity contribution in [1.82, 2.24) is 4.72 Å². The molecule has 2 aromatic carbocycles. The average molecular weight is 413 g/mol. The predicted octanol–water partition coefficient (Wildman–Crippen LogP) is 3.59. The fourth-order valence-corrected chi connectivity index (χ4v) is 5.21. The number of hydrogen-bond donors (Lipinski definition) is 1. The zero-order valence-corrected chi connectivity index (χ0v) is 17.8. The van der Waals surface area contributed by atoms with Gasteiger partial charge in [-0.1, -0.05) is 36.2 Å². The summed E-state index contributed by atoms with van der Waals surface area (Å²) in [5.41, 5.74) is 4.09. The molecule has 5 nitrogen and oxygen atoms in total. The predicted molar refractivity (Wildman–Crippen MR) is 115 cm³/mol. The van der Waals surface area contributed by atoms with Crippen LogP contribution in [0.3, 0.4) is 0 Å². The highest BCUT2D eigenvalue weighted by molar-refractivity contribution is 7.89. The lowest BCUT2D eigenvalue weighted by atomic mass is 9.84. The lowest BCUT2D eigenvalue weighted by Gasteiger charge is -2.32. The van der Waals surface area contributed by atoms with E-state index in [1.807, 2.05) is 43.0 Å². The summed E-state index contributed by atoms with van der Waals surface area (Å²) < 4.78 is 28.2. The molecule has 1 aliphatic heterocycles. The van der Waals surface area contributed by atoms with Crippen LogP contribution in [0.4, 0.5) is 5.69 Å². The van der Waals surface area contributed by atoms with Gasteiger partial charge >= 0.3 is 0 Å². The molecular formula is C23H28N2O3S. The van der Waals surface area contributed by atoms with Crippen molar-refractivity contribution in [3.05, 3.63) is 59.2 Å². The molecule has 1 amide bonds. The molecule has 0 unspecified atom stereocenters. The third kappa shape index (κ3) is 4.09. The minimum atomic E-state index is -3.58. The van der Waals surface area contributed by atoms with E-state index in [9.17, 15) is 13.2 Å². The number of amides is 1. The standard InChI is InChI=1S/C23H28N2O3S/c1-16-6-8-18(9-7-16)12-13-24-29(27,28)21-10-11-22-20(15-21)14-17(2)25(22)23(26)19-4-3-5-19/h6-11,15,17,19,24H,3-5,12-14H2,1-2H3/t17-/m0/s1. The average Bonchev–Trinajstić information content (AvgIpc) is 2.96. The fourth-order valence-electron chi connectivity index (χ4n) is 4.13. The first-order valence-electron chi connectivity index (χ1n) is 10.4. The van der Waals surface area contributed by atoms with Crippen molar-refractivity contribution in [3.63, 3.8) is 0 Å². The Morgan fingerprint density at radius 1 is 1.14 bits per heavy atom. The summed E-state index contributed by atoms with van der Waals surface area (Å²) in [7, 11) is -3.58. The first kappa shape index (κ1) is 20.1. The van der Waals surface area contributed by atoms with E-state index in [4.69, 9.17) is 0 Å². The Hall–Kier alpha value is -2.18. The SMILES string of the molecule is Cc1ccc(CCNS(=O)(=O)c2ccc3c(c2)C[C@H](C)N3C(=O)C2CCC2)cc1. The van der Waals surface area contributed by atoms with Gasteiger partial charge in [0.1, 0.15) is 0 Å². The summed E-state index contributed by atoms with van der Waals surface area (Å²) in [6, 6.07) is 13.3. The Morgan fingerprint density at radius 2 is 1.86 bits per heavy atom. The zero-order chi connectivity index (χ0) is 20.6. The highest BCUT2D eigenvalue weighted by atomic mass is 32.2. The summed E-state index contributed by atoms with van der Waals surface area (Å²) in [6.07, 6.45) is 4.39. The Morgan fingerprint density at radius 3 is 2.52 bits per heavy atom. The van der Waals surface area contributed by atoms with E-state index in [1.165, 1.54) is 5.56 Å². The second-order valence-electron chi connectivity index (χ2n) is 8.31. The molecule has 1 heterocycles. The summed E-state index contributed by atoms with van der Waals surface area (Å²) in [5.74, 6) is 0.324. The molecule has 154 valence electrons. The van der Waals surface area contributed by atoms with Crippen molar-refractivity contribution in [2.24, 2.45) is 5.92 Å². The Labute approximate surface area is 173 Å². The van der Waals surface area contributed by atoms with Crippen LogP contribution in [0.1, 0.15) is 42.9 Å². The number of aryl methyl sites for hydroxylation is 1. The van der Waals surface area contributed by atoms with E-state index in [1.54, 1.807) is 18.2 Å². The summed E-state index contributed by atoms with van der Waals surface area (Å²) in [6.45, 7) is 4.41. The highest BCUT2D eigenvalue weighted by Gasteiger charge is 2.37. The van der Waals surface area contributed by atoms with Crippen LogP contribution in [-0.2, 0) is 27.7 Å². The van der Waals surface area contributed by atoms with Gasteiger partial charge in [0.05, 0.1) is 4.90 Å². The largest absolute Gasteiger partial charge is 0.309 e. The molecular weight excluding hydrogens is 384 g/mol. The first-order chi connectivity index (χ1) is 13.8. The number of nitrogens with zero attached hydrogens (tertiary/aromatic N) is 1. The molecule has 0 spiro atoms. The molecule has 0 aromatic heterocycles. The molecule has 0 radical (unpaired) electrons. The monoisotopic (exact) mass is 412 g/mol. The molecule has 2 aliphatic rings. The van der Waals surface area contributed by atoms with Crippen molar-refractivity contribution in [3.8, 4) is 0 Å². The number of benzene rings is 2. The van der Waals surface area contributed by atoms with Crippen LogP contribution in [0.5, 0.6) is 0 Å². The molecule has 2 aromatic rings. The maximum atomic E-state index is 12.8. The molecule has 1 N–H and O–H groups in total.